The number of ether oxygens (including phenoxy) is 1. The first-order chi connectivity index (χ1) is 9.60. The van der Waals surface area contributed by atoms with Crippen molar-refractivity contribution in [1.82, 2.24) is 0 Å². The molecule has 112 valence electrons. The summed E-state index contributed by atoms with van der Waals surface area (Å²) in [5.74, 6) is -0.750. The Morgan fingerprint density at radius 3 is 2.65 bits per heavy atom. The van der Waals surface area contributed by atoms with Crippen molar-refractivity contribution in [1.29, 1.82) is 0 Å². The van der Waals surface area contributed by atoms with Gasteiger partial charge in [-0.05, 0) is 24.1 Å². The number of methoxy groups -OCH3 is 1. The molecule has 0 radical (unpaired) electrons. The van der Waals surface area contributed by atoms with Crippen LogP contribution in [0.1, 0.15) is 44.6 Å². The van der Waals surface area contributed by atoms with Crippen molar-refractivity contribution in [3.63, 3.8) is 0 Å². The largest absolute Gasteiger partial charge is 0.468 e. The van der Waals surface area contributed by atoms with E-state index in [4.69, 9.17) is 10.5 Å². The van der Waals surface area contributed by atoms with Gasteiger partial charge in [-0.15, -0.1) is 0 Å². The number of carbonyl (C=O) groups excluding carboxylic acids is 1. The summed E-state index contributed by atoms with van der Waals surface area (Å²) in [6, 6.07) is 6.08. The molecule has 1 unspecified atom stereocenters. The fraction of sp³-hybridized carbons (Fsp3) is 0.562. The summed E-state index contributed by atoms with van der Waals surface area (Å²) in [6.45, 7) is 2.25. The number of unbranched alkanes of at least 4 members (excludes halogenated alkanes) is 3. The number of benzene rings is 1. The highest BCUT2D eigenvalue weighted by atomic mass is 19.1. The molecule has 0 saturated carbocycles. The topological polar surface area (TPSA) is 52.3 Å². The average Bonchev–Trinajstić information content (AvgIpc) is 2.47. The van der Waals surface area contributed by atoms with E-state index in [1.807, 2.05) is 0 Å². The molecule has 0 aliphatic heterocycles. The maximum absolute atomic E-state index is 13.5. The van der Waals surface area contributed by atoms with Crippen LogP contribution in [0.15, 0.2) is 24.3 Å². The second-order valence-electron chi connectivity index (χ2n) is 5.10. The van der Waals surface area contributed by atoms with Crippen LogP contribution in [0.5, 0.6) is 0 Å². The molecular formula is C16H24FNO2. The predicted octanol–water partition coefficient (Wildman–Crippen LogP) is 3.17. The third-order valence-electron chi connectivity index (χ3n) is 3.76. The summed E-state index contributed by atoms with van der Waals surface area (Å²) < 4.78 is 18.4. The Labute approximate surface area is 120 Å². The van der Waals surface area contributed by atoms with Gasteiger partial charge in [-0.25, -0.2) is 4.39 Å². The number of hydrogen-bond acceptors (Lipinski definition) is 3. The van der Waals surface area contributed by atoms with E-state index in [-0.39, 0.29) is 18.3 Å². The molecule has 0 spiro atoms. The number of halogens is 1. The molecule has 4 heteroatoms. The highest BCUT2D eigenvalue weighted by Crippen LogP contribution is 2.31. The monoisotopic (exact) mass is 281 g/mol. The van der Waals surface area contributed by atoms with Gasteiger partial charge in [0, 0.05) is 6.54 Å². The molecule has 20 heavy (non-hydrogen) atoms. The zero-order valence-electron chi connectivity index (χ0n) is 12.3. The summed E-state index contributed by atoms with van der Waals surface area (Å²) in [5, 5.41) is 0. The SMILES string of the molecule is CCCCCCC(CN)(C(=O)OC)c1cccc(F)c1. The van der Waals surface area contributed by atoms with Crippen LogP contribution in [0.4, 0.5) is 4.39 Å². The van der Waals surface area contributed by atoms with Gasteiger partial charge in [-0.3, -0.25) is 4.79 Å². The zero-order chi connectivity index (χ0) is 15.0. The van der Waals surface area contributed by atoms with Crippen LogP contribution in [-0.4, -0.2) is 19.6 Å². The molecular weight excluding hydrogens is 257 g/mol. The first kappa shape index (κ1) is 16.6. The summed E-state index contributed by atoms with van der Waals surface area (Å²) in [6.07, 6.45) is 4.72. The van der Waals surface area contributed by atoms with Gasteiger partial charge >= 0.3 is 5.97 Å². The molecule has 0 aromatic heterocycles. The van der Waals surface area contributed by atoms with Gasteiger partial charge in [0.1, 0.15) is 11.2 Å². The van der Waals surface area contributed by atoms with Gasteiger partial charge in [0.2, 0.25) is 0 Å². The number of nitrogens with two attached hydrogens (primary N) is 1. The van der Waals surface area contributed by atoms with Crippen molar-refractivity contribution < 1.29 is 13.9 Å². The lowest BCUT2D eigenvalue weighted by Gasteiger charge is -2.30. The summed E-state index contributed by atoms with van der Waals surface area (Å²) in [5.41, 5.74) is 5.52. The quantitative estimate of drug-likeness (QED) is 0.588. The van der Waals surface area contributed by atoms with Crippen LogP contribution in [0, 0.1) is 5.82 Å². The Kier molecular flexibility index (Phi) is 6.65. The zero-order valence-corrected chi connectivity index (χ0v) is 12.3. The van der Waals surface area contributed by atoms with Crippen LogP contribution < -0.4 is 5.73 Å². The second kappa shape index (κ2) is 8.00. The smallest absolute Gasteiger partial charge is 0.317 e. The Morgan fingerprint density at radius 2 is 2.10 bits per heavy atom. The van der Waals surface area contributed by atoms with E-state index in [9.17, 15) is 9.18 Å². The normalized spacial score (nSPS) is 13.8. The molecule has 0 bridgehead atoms. The van der Waals surface area contributed by atoms with Crippen molar-refractivity contribution >= 4 is 5.97 Å². The first-order valence-electron chi connectivity index (χ1n) is 7.15. The number of hydrogen-bond donors (Lipinski definition) is 1. The van der Waals surface area contributed by atoms with Crippen LogP contribution in [-0.2, 0) is 14.9 Å². The van der Waals surface area contributed by atoms with E-state index < -0.39 is 5.41 Å². The van der Waals surface area contributed by atoms with Crippen LogP contribution >= 0.6 is 0 Å². The first-order valence-corrected chi connectivity index (χ1v) is 7.15. The Bertz CT molecular complexity index is 436. The number of rotatable bonds is 8. The molecule has 1 aromatic carbocycles. The fourth-order valence-electron chi connectivity index (χ4n) is 2.50. The second-order valence-corrected chi connectivity index (χ2v) is 5.10. The highest BCUT2D eigenvalue weighted by Gasteiger charge is 2.39. The van der Waals surface area contributed by atoms with Gasteiger partial charge < -0.3 is 10.5 Å². The van der Waals surface area contributed by atoms with E-state index in [0.717, 1.165) is 25.7 Å². The minimum Gasteiger partial charge on any atom is -0.468 e. The predicted molar refractivity (Wildman–Crippen MR) is 77.9 cm³/mol. The van der Waals surface area contributed by atoms with Crippen LogP contribution in [0.25, 0.3) is 0 Å². The Hall–Kier alpha value is -1.42. The van der Waals surface area contributed by atoms with Gasteiger partial charge in [0.15, 0.2) is 0 Å². The molecule has 0 aliphatic rings. The number of esters is 1. The molecule has 3 nitrogen and oxygen atoms in total. The summed E-state index contributed by atoms with van der Waals surface area (Å²) >= 11 is 0. The van der Waals surface area contributed by atoms with E-state index in [1.54, 1.807) is 12.1 Å². The molecule has 0 amide bonds. The minimum absolute atomic E-state index is 0.120. The molecule has 0 heterocycles. The van der Waals surface area contributed by atoms with E-state index >= 15 is 0 Å². The third-order valence-corrected chi connectivity index (χ3v) is 3.76. The van der Waals surface area contributed by atoms with E-state index in [0.29, 0.717) is 12.0 Å². The van der Waals surface area contributed by atoms with E-state index in [2.05, 4.69) is 6.92 Å². The lowest BCUT2D eigenvalue weighted by molar-refractivity contribution is -0.147. The Morgan fingerprint density at radius 1 is 1.35 bits per heavy atom. The highest BCUT2D eigenvalue weighted by molar-refractivity contribution is 5.83. The minimum atomic E-state index is -0.940. The fourth-order valence-corrected chi connectivity index (χ4v) is 2.50. The van der Waals surface area contributed by atoms with Gasteiger partial charge in [0.05, 0.1) is 7.11 Å². The van der Waals surface area contributed by atoms with Gasteiger partial charge in [-0.2, -0.15) is 0 Å². The molecule has 1 atom stereocenters. The Balaban J connectivity index is 3.02. The van der Waals surface area contributed by atoms with Crippen molar-refractivity contribution in [3.8, 4) is 0 Å². The maximum Gasteiger partial charge on any atom is 0.317 e. The lowest BCUT2D eigenvalue weighted by Crippen LogP contribution is -2.44. The van der Waals surface area contributed by atoms with Crippen LogP contribution in [0.3, 0.4) is 0 Å². The average molecular weight is 281 g/mol. The molecule has 0 aliphatic carbocycles. The van der Waals surface area contributed by atoms with Gasteiger partial charge in [-0.1, -0.05) is 44.7 Å². The molecule has 0 saturated heterocycles. The number of carbonyl (C=O) groups is 1. The lowest BCUT2D eigenvalue weighted by atomic mass is 9.76. The van der Waals surface area contributed by atoms with Crippen molar-refractivity contribution in [3.05, 3.63) is 35.6 Å². The maximum atomic E-state index is 13.5. The molecule has 2 N–H and O–H groups in total. The van der Waals surface area contributed by atoms with Crippen molar-refractivity contribution in [2.75, 3.05) is 13.7 Å². The van der Waals surface area contributed by atoms with Gasteiger partial charge in [0.25, 0.3) is 0 Å². The van der Waals surface area contributed by atoms with E-state index in [1.165, 1.54) is 19.2 Å². The summed E-state index contributed by atoms with van der Waals surface area (Å²) in [4.78, 5) is 12.2. The van der Waals surface area contributed by atoms with Crippen LogP contribution in [0.2, 0.25) is 0 Å². The molecule has 0 fully saturated rings. The van der Waals surface area contributed by atoms with Crippen molar-refractivity contribution in [2.24, 2.45) is 5.73 Å². The third kappa shape index (κ3) is 3.79. The summed E-state index contributed by atoms with van der Waals surface area (Å²) in [7, 11) is 1.35. The molecule has 1 rings (SSSR count). The van der Waals surface area contributed by atoms with Crippen molar-refractivity contribution in [2.45, 2.75) is 44.4 Å². The molecule has 1 aromatic rings. The standard InChI is InChI=1S/C16H24FNO2/c1-3-4-5-6-10-16(12-18,15(19)20-2)13-8-7-9-14(17)11-13/h7-9,11H,3-6,10,12,18H2,1-2H3.